The minimum Gasteiger partial charge on any atom is -0.386 e. The Labute approximate surface area is 101 Å². The fourth-order valence-electron chi connectivity index (χ4n) is 1.67. The third kappa shape index (κ3) is 2.14. The van der Waals surface area contributed by atoms with Gasteiger partial charge in [0.2, 0.25) is 0 Å². The highest BCUT2D eigenvalue weighted by Gasteiger charge is 2.19. The number of hydrogen-bond acceptors (Lipinski definition) is 3. The molecule has 0 saturated heterocycles. The molecule has 16 heavy (non-hydrogen) atoms. The lowest BCUT2D eigenvalue weighted by atomic mass is 9.94. The van der Waals surface area contributed by atoms with Gasteiger partial charge in [-0.15, -0.1) is 5.10 Å². The lowest BCUT2D eigenvalue weighted by Gasteiger charge is -2.17. The minimum absolute atomic E-state index is 0.165. The highest BCUT2D eigenvalue weighted by atomic mass is 79.9. The first-order valence-electron chi connectivity index (χ1n) is 4.93. The molecular formula is C11H11BrFN3. The zero-order valence-corrected chi connectivity index (χ0v) is 10.3. The zero-order chi connectivity index (χ0) is 11.7. The van der Waals surface area contributed by atoms with Gasteiger partial charge in [0.05, 0.1) is 10.2 Å². The maximum absolute atomic E-state index is 13.4. The van der Waals surface area contributed by atoms with Crippen LogP contribution in [-0.4, -0.2) is 11.5 Å². The molecule has 84 valence electrons. The van der Waals surface area contributed by atoms with Crippen LogP contribution in [0.15, 0.2) is 32.9 Å². The van der Waals surface area contributed by atoms with Crippen molar-refractivity contribution in [1.82, 2.24) is 0 Å². The number of halogens is 2. The molecule has 1 heterocycles. The van der Waals surface area contributed by atoms with Crippen LogP contribution in [0.4, 0.5) is 4.39 Å². The third-order valence-corrected chi connectivity index (χ3v) is 3.13. The van der Waals surface area contributed by atoms with Crippen molar-refractivity contribution in [2.75, 3.05) is 0 Å². The summed E-state index contributed by atoms with van der Waals surface area (Å²) in [5.41, 5.74) is 7.11. The van der Waals surface area contributed by atoms with Crippen molar-refractivity contribution >= 4 is 27.5 Å². The number of hydrogen-bond donors (Lipinski definition) is 1. The molecule has 3 nitrogen and oxygen atoms in total. The molecule has 1 atom stereocenters. The van der Waals surface area contributed by atoms with Crippen LogP contribution in [0.5, 0.6) is 0 Å². The quantitative estimate of drug-likeness (QED) is 0.847. The molecule has 5 heteroatoms. The van der Waals surface area contributed by atoms with E-state index in [1.54, 1.807) is 6.07 Å². The fourth-order valence-corrected chi connectivity index (χ4v) is 1.91. The summed E-state index contributed by atoms with van der Waals surface area (Å²) in [6.07, 6.45) is 0.663. The lowest BCUT2D eigenvalue weighted by molar-refractivity contribution is 0.620. The van der Waals surface area contributed by atoms with Crippen LogP contribution in [0.2, 0.25) is 0 Å². The lowest BCUT2D eigenvalue weighted by Crippen LogP contribution is -2.25. The molecule has 0 radical (unpaired) electrons. The predicted molar refractivity (Wildman–Crippen MR) is 66.0 cm³/mol. The number of rotatable bonds is 1. The Morgan fingerprint density at radius 2 is 2.19 bits per heavy atom. The first-order chi connectivity index (χ1) is 7.58. The molecule has 0 aliphatic carbocycles. The topological polar surface area (TPSA) is 50.7 Å². The first-order valence-corrected chi connectivity index (χ1v) is 5.72. The van der Waals surface area contributed by atoms with Gasteiger partial charge in [-0.05, 0) is 28.1 Å². The molecule has 1 aliphatic heterocycles. The second kappa shape index (κ2) is 4.33. The van der Waals surface area contributed by atoms with Gasteiger partial charge in [0.25, 0.3) is 0 Å². The molecule has 0 spiro atoms. The Hall–Kier alpha value is -1.23. The highest BCUT2D eigenvalue weighted by Crippen LogP contribution is 2.21. The van der Waals surface area contributed by atoms with E-state index >= 15 is 0 Å². The standard InChI is InChI=1S/C11H11BrFN3/c1-6-4-10(14)15-16-11(6)7-2-3-8(12)9(13)5-7/h2-3,5-6H,4H2,1H3,(H2,14,15). The van der Waals surface area contributed by atoms with Crippen LogP contribution >= 0.6 is 15.9 Å². The Kier molecular flexibility index (Phi) is 3.05. The number of nitrogens with two attached hydrogens (primary N) is 1. The Bertz CT molecular complexity index is 482. The van der Waals surface area contributed by atoms with Gasteiger partial charge < -0.3 is 5.73 Å². The van der Waals surface area contributed by atoms with E-state index in [1.807, 2.05) is 13.0 Å². The monoisotopic (exact) mass is 283 g/mol. The predicted octanol–water partition coefficient (Wildman–Crippen LogP) is 2.69. The van der Waals surface area contributed by atoms with Crippen molar-refractivity contribution in [2.24, 2.45) is 21.9 Å². The van der Waals surface area contributed by atoms with E-state index in [1.165, 1.54) is 6.07 Å². The molecule has 1 aromatic carbocycles. The molecule has 2 N–H and O–H groups in total. The Morgan fingerprint density at radius 1 is 1.44 bits per heavy atom. The van der Waals surface area contributed by atoms with Crippen molar-refractivity contribution in [3.8, 4) is 0 Å². The number of amidine groups is 1. The summed E-state index contributed by atoms with van der Waals surface area (Å²) in [6, 6.07) is 4.94. The van der Waals surface area contributed by atoms with Crippen molar-refractivity contribution in [2.45, 2.75) is 13.3 Å². The molecule has 0 amide bonds. The maximum Gasteiger partial charge on any atom is 0.138 e. The summed E-state index contributed by atoms with van der Waals surface area (Å²) in [4.78, 5) is 0. The molecule has 1 unspecified atom stereocenters. The van der Waals surface area contributed by atoms with Gasteiger partial charge in [0, 0.05) is 17.9 Å². The van der Waals surface area contributed by atoms with E-state index in [0.29, 0.717) is 16.7 Å². The van der Waals surface area contributed by atoms with Gasteiger partial charge >= 0.3 is 0 Å². The molecule has 1 aliphatic rings. The van der Waals surface area contributed by atoms with Crippen molar-refractivity contribution in [3.05, 3.63) is 34.1 Å². The number of benzene rings is 1. The van der Waals surface area contributed by atoms with E-state index in [0.717, 1.165) is 11.3 Å². The summed E-state index contributed by atoms with van der Waals surface area (Å²) in [7, 11) is 0. The van der Waals surface area contributed by atoms with Crippen LogP contribution < -0.4 is 5.73 Å². The van der Waals surface area contributed by atoms with E-state index in [9.17, 15) is 4.39 Å². The van der Waals surface area contributed by atoms with E-state index < -0.39 is 0 Å². The number of nitrogens with zero attached hydrogens (tertiary/aromatic N) is 2. The van der Waals surface area contributed by atoms with Crippen molar-refractivity contribution < 1.29 is 4.39 Å². The molecule has 0 fully saturated rings. The SMILES string of the molecule is CC1CC(N)=NN=C1c1ccc(Br)c(F)c1. The van der Waals surface area contributed by atoms with Crippen LogP contribution in [0.3, 0.4) is 0 Å². The van der Waals surface area contributed by atoms with Crippen molar-refractivity contribution in [1.29, 1.82) is 0 Å². The average molecular weight is 284 g/mol. The highest BCUT2D eigenvalue weighted by molar-refractivity contribution is 9.10. The summed E-state index contributed by atoms with van der Waals surface area (Å²) in [5.74, 6) is 0.391. The van der Waals surface area contributed by atoms with Crippen LogP contribution in [0.25, 0.3) is 0 Å². The smallest absolute Gasteiger partial charge is 0.138 e. The summed E-state index contributed by atoms with van der Waals surface area (Å²) < 4.78 is 13.8. The largest absolute Gasteiger partial charge is 0.386 e. The summed E-state index contributed by atoms with van der Waals surface area (Å²) in [6.45, 7) is 2.00. The van der Waals surface area contributed by atoms with Crippen LogP contribution in [-0.2, 0) is 0 Å². The summed E-state index contributed by atoms with van der Waals surface area (Å²) in [5, 5.41) is 7.87. The molecule has 2 rings (SSSR count). The second-order valence-corrected chi connectivity index (χ2v) is 4.66. The normalized spacial score (nSPS) is 20.3. The van der Waals surface area contributed by atoms with Gasteiger partial charge in [-0.1, -0.05) is 13.0 Å². The van der Waals surface area contributed by atoms with Crippen LogP contribution in [0.1, 0.15) is 18.9 Å². The van der Waals surface area contributed by atoms with Gasteiger partial charge in [-0.3, -0.25) is 0 Å². The Morgan fingerprint density at radius 3 is 2.81 bits per heavy atom. The second-order valence-electron chi connectivity index (χ2n) is 3.81. The zero-order valence-electron chi connectivity index (χ0n) is 8.74. The minimum atomic E-state index is -0.296. The van der Waals surface area contributed by atoms with Crippen molar-refractivity contribution in [3.63, 3.8) is 0 Å². The van der Waals surface area contributed by atoms with E-state index in [4.69, 9.17) is 5.73 Å². The fraction of sp³-hybridized carbons (Fsp3) is 0.273. The Balaban J connectivity index is 2.41. The molecule has 1 aromatic rings. The van der Waals surface area contributed by atoms with Crippen LogP contribution in [0, 0.1) is 11.7 Å². The molecule has 0 saturated carbocycles. The van der Waals surface area contributed by atoms with Gasteiger partial charge in [-0.2, -0.15) is 5.10 Å². The van der Waals surface area contributed by atoms with Gasteiger partial charge in [0.15, 0.2) is 0 Å². The maximum atomic E-state index is 13.4. The summed E-state index contributed by atoms with van der Waals surface area (Å²) >= 11 is 3.12. The first kappa shape index (κ1) is 11.3. The van der Waals surface area contributed by atoms with Gasteiger partial charge in [-0.25, -0.2) is 4.39 Å². The molecule has 0 aromatic heterocycles. The third-order valence-electron chi connectivity index (χ3n) is 2.48. The van der Waals surface area contributed by atoms with E-state index in [2.05, 4.69) is 26.1 Å². The molecule has 0 bridgehead atoms. The van der Waals surface area contributed by atoms with Gasteiger partial charge in [0.1, 0.15) is 11.7 Å². The molecular weight excluding hydrogens is 273 g/mol. The van der Waals surface area contributed by atoms with E-state index in [-0.39, 0.29) is 11.7 Å². The average Bonchev–Trinajstić information content (AvgIpc) is 2.22.